The molecule has 2 heterocycles. The largest absolute Gasteiger partial charge is 0.632 e. The maximum absolute atomic E-state index is 13.3. The van der Waals surface area contributed by atoms with E-state index >= 15 is 0 Å². The number of hydrogen-bond donors (Lipinski definition) is 3. The standard InChI is InChI=1S/C23H24N4O4S/c24-23-25-13-17(32-23)11-12-18-20(22(29)30)26(21(18)28)14-27(31)19(15-7-3-1-4-8-15)16-9-5-2-6-10-16/h1-10,13,18-20,27H,11-12,14H2,(H2,24,25)(H,29,30)/t18-,20+/m1/s1. The number of amides is 1. The number of carboxylic acids is 1. The summed E-state index contributed by atoms with van der Waals surface area (Å²) in [6, 6.07) is 17.1. The van der Waals surface area contributed by atoms with Crippen molar-refractivity contribution < 1.29 is 19.8 Å². The number of nitrogens with zero attached hydrogens (tertiary/aromatic N) is 2. The second kappa shape index (κ2) is 9.47. The third-order valence-electron chi connectivity index (χ3n) is 5.76. The summed E-state index contributed by atoms with van der Waals surface area (Å²) < 4.78 is 0. The monoisotopic (exact) mass is 452 g/mol. The predicted molar refractivity (Wildman–Crippen MR) is 121 cm³/mol. The summed E-state index contributed by atoms with van der Waals surface area (Å²) >= 11 is 1.33. The number of nitrogens with one attached hydrogen (secondary N) is 1. The molecule has 1 aromatic heterocycles. The molecular formula is C23H24N4O4S. The summed E-state index contributed by atoms with van der Waals surface area (Å²) in [5.41, 5.74) is 7.25. The first-order valence-corrected chi connectivity index (χ1v) is 11.1. The molecule has 1 aliphatic rings. The second-order valence-electron chi connectivity index (χ2n) is 7.78. The number of carbonyl (C=O) groups excluding carboxylic acids is 1. The van der Waals surface area contributed by atoms with E-state index in [2.05, 4.69) is 4.98 Å². The van der Waals surface area contributed by atoms with Crippen molar-refractivity contribution in [2.75, 3.05) is 12.4 Å². The lowest BCUT2D eigenvalue weighted by Crippen LogP contribution is -3.10. The van der Waals surface area contributed by atoms with E-state index < -0.39 is 24.0 Å². The number of likely N-dealkylation sites (tertiary alicyclic amines) is 1. The molecule has 1 saturated heterocycles. The molecule has 0 bridgehead atoms. The molecule has 1 fully saturated rings. The van der Waals surface area contributed by atoms with Gasteiger partial charge < -0.3 is 21.1 Å². The molecule has 3 aromatic rings. The maximum Gasteiger partial charge on any atom is 0.327 e. The number of aryl methyl sites for hydroxylation is 1. The molecule has 4 rings (SSSR count). The summed E-state index contributed by atoms with van der Waals surface area (Å²) in [6.07, 6.45) is 2.54. The van der Waals surface area contributed by atoms with E-state index in [4.69, 9.17) is 5.73 Å². The fourth-order valence-corrected chi connectivity index (χ4v) is 4.93. The van der Waals surface area contributed by atoms with E-state index in [0.29, 0.717) is 18.0 Å². The molecule has 166 valence electrons. The van der Waals surface area contributed by atoms with Crippen LogP contribution in [-0.4, -0.2) is 39.6 Å². The number of anilines is 1. The number of thiazole rings is 1. The number of β-lactam (4-membered cyclic amide) rings is 1. The highest BCUT2D eigenvalue weighted by Gasteiger charge is 2.52. The van der Waals surface area contributed by atoms with E-state index in [1.807, 2.05) is 60.7 Å². The van der Waals surface area contributed by atoms with Gasteiger partial charge in [0.05, 0.1) is 5.92 Å². The van der Waals surface area contributed by atoms with Gasteiger partial charge in [0, 0.05) is 22.2 Å². The van der Waals surface area contributed by atoms with Crippen LogP contribution >= 0.6 is 11.3 Å². The summed E-state index contributed by atoms with van der Waals surface area (Å²) in [5, 5.41) is 23.3. The fourth-order valence-electron chi connectivity index (χ4n) is 4.23. The number of aliphatic carboxylic acids is 1. The molecule has 4 N–H and O–H groups in total. The van der Waals surface area contributed by atoms with Crippen LogP contribution in [0, 0.1) is 11.1 Å². The van der Waals surface area contributed by atoms with Gasteiger partial charge in [0.2, 0.25) is 5.91 Å². The van der Waals surface area contributed by atoms with Crippen molar-refractivity contribution in [2.24, 2.45) is 5.92 Å². The van der Waals surface area contributed by atoms with Crippen molar-refractivity contribution in [3.8, 4) is 0 Å². The third kappa shape index (κ3) is 4.50. The fraction of sp³-hybridized carbons (Fsp3) is 0.261. The number of rotatable bonds is 9. The number of hydrogen-bond acceptors (Lipinski definition) is 6. The van der Waals surface area contributed by atoms with Crippen molar-refractivity contribution in [2.45, 2.75) is 24.9 Å². The average molecular weight is 453 g/mol. The second-order valence-corrected chi connectivity index (χ2v) is 8.93. The molecule has 0 aliphatic carbocycles. The molecule has 0 saturated carbocycles. The SMILES string of the molecule is Nc1ncc(CC[C@H]2C(=O)N(C[NH+]([O-])C(c3ccccc3)c3ccccc3)[C@@H]2C(=O)O)s1. The Labute approximate surface area is 189 Å². The molecular weight excluding hydrogens is 428 g/mol. The highest BCUT2D eigenvalue weighted by atomic mass is 32.1. The number of carboxylic acid groups (broad SMARTS) is 1. The number of benzene rings is 2. The van der Waals surface area contributed by atoms with Crippen molar-refractivity contribution >= 4 is 28.3 Å². The third-order valence-corrected chi connectivity index (χ3v) is 6.64. The molecule has 0 radical (unpaired) electrons. The number of quaternary nitrogens is 1. The quantitative estimate of drug-likeness (QED) is 0.335. The van der Waals surface area contributed by atoms with Gasteiger partial charge in [-0.3, -0.25) is 9.69 Å². The summed E-state index contributed by atoms with van der Waals surface area (Å²) in [6.45, 7) is -0.242. The number of hydroxylamine groups is 2. The first kappa shape index (κ1) is 21.9. The van der Waals surface area contributed by atoms with Gasteiger partial charge >= 0.3 is 5.97 Å². The summed E-state index contributed by atoms with van der Waals surface area (Å²) in [7, 11) is 0. The first-order chi connectivity index (χ1) is 15.5. The minimum absolute atomic E-state index is 0.212. The van der Waals surface area contributed by atoms with Crippen LogP contribution in [0.1, 0.15) is 28.5 Å². The molecule has 9 heteroatoms. The van der Waals surface area contributed by atoms with Crippen LogP contribution in [0.4, 0.5) is 5.13 Å². The Balaban J connectivity index is 1.49. The minimum Gasteiger partial charge on any atom is -0.632 e. The van der Waals surface area contributed by atoms with Gasteiger partial charge in [-0.1, -0.05) is 60.7 Å². The zero-order valence-electron chi connectivity index (χ0n) is 17.3. The Morgan fingerprint density at radius 2 is 1.75 bits per heavy atom. The molecule has 8 nitrogen and oxygen atoms in total. The van der Waals surface area contributed by atoms with Gasteiger partial charge in [-0.2, -0.15) is 0 Å². The van der Waals surface area contributed by atoms with Gasteiger partial charge in [-0.05, 0) is 12.8 Å². The lowest BCUT2D eigenvalue weighted by molar-refractivity contribution is -0.885. The Morgan fingerprint density at radius 1 is 1.16 bits per heavy atom. The van der Waals surface area contributed by atoms with E-state index in [-0.39, 0.29) is 17.6 Å². The predicted octanol–water partition coefficient (Wildman–Crippen LogP) is 1.70. The van der Waals surface area contributed by atoms with Crippen LogP contribution in [0.25, 0.3) is 0 Å². The van der Waals surface area contributed by atoms with E-state index in [9.17, 15) is 19.9 Å². The zero-order chi connectivity index (χ0) is 22.7. The molecule has 1 aliphatic heterocycles. The topological polar surface area (TPSA) is 124 Å². The first-order valence-electron chi connectivity index (χ1n) is 10.3. The van der Waals surface area contributed by atoms with Gasteiger partial charge in [-0.25, -0.2) is 9.78 Å². The Morgan fingerprint density at radius 3 is 2.25 bits per heavy atom. The highest BCUT2D eigenvalue weighted by molar-refractivity contribution is 7.15. The van der Waals surface area contributed by atoms with Crippen LogP contribution in [0.3, 0.4) is 0 Å². The molecule has 1 amide bonds. The van der Waals surface area contributed by atoms with Crippen molar-refractivity contribution in [3.63, 3.8) is 0 Å². The summed E-state index contributed by atoms with van der Waals surface area (Å²) in [5.74, 6) is -2.05. The lowest BCUT2D eigenvalue weighted by atomic mass is 9.83. The molecule has 3 atom stereocenters. The van der Waals surface area contributed by atoms with Crippen molar-refractivity contribution in [1.29, 1.82) is 0 Å². The molecule has 0 spiro atoms. The molecule has 1 unspecified atom stereocenters. The van der Waals surface area contributed by atoms with Crippen LogP contribution in [0.15, 0.2) is 66.9 Å². The van der Waals surface area contributed by atoms with Crippen molar-refractivity contribution in [3.05, 3.63) is 88.1 Å². The summed E-state index contributed by atoms with van der Waals surface area (Å²) in [4.78, 5) is 30.8. The van der Waals surface area contributed by atoms with Crippen LogP contribution < -0.4 is 10.8 Å². The normalized spacial score (nSPS) is 19.1. The van der Waals surface area contributed by atoms with Crippen LogP contribution in [0.5, 0.6) is 0 Å². The maximum atomic E-state index is 13.3. The molecule has 2 aromatic carbocycles. The lowest BCUT2D eigenvalue weighted by Gasteiger charge is -2.47. The van der Waals surface area contributed by atoms with Gasteiger partial charge in [0.25, 0.3) is 0 Å². The number of carbonyl (C=O) groups is 2. The van der Waals surface area contributed by atoms with E-state index in [1.165, 1.54) is 16.2 Å². The smallest absolute Gasteiger partial charge is 0.327 e. The number of aromatic nitrogens is 1. The van der Waals surface area contributed by atoms with Gasteiger partial charge in [0.15, 0.2) is 11.8 Å². The molecule has 32 heavy (non-hydrogen) atoms. The number of nitrogens with two attached hydrogens (primary N) is 1. The minimum atomic E-state index is -1.10. The van der Waals surface area contributed by atoms with Crippen LogP contribution in [0.2, 0.25) is 0 Å². The van der Waals surface area contributed by atoms with Crippen molar-refractivity contribution in [1.82, 2.24) is 9.88 Å². The van der Waals surface area contributed by atoms with Crippen LogP contribution in [-0.2, 0) is 16.0 Å². The Hall–Kier alpha value is -3.27. The van der Waals surface area contributed by atoms with E-state index in [1.54, 1.807) is 6.20 Å². The Bertz CT molecular complexity index is 1040. The Kier molecular flexibility index (Phi) is 6.50. The average Bonchev–Trinajstić information content (AvgIpc) is 3.21. The van der Waals surface area contributed by atoms with Gasteiger partial charge in [0.1, 0.15) is 12.1 Å². The highest BCUT2D eigenvalue weighted by Crippen LogP contribution is 2.31. The van der Waals surface area contributed by atoms with Gasteiger partial charge in [-0.15, -0.1) is 11.3 Å². The zero-order valence-corrected chi connectivity index (χ0v) is 18.1. The number of nitrogen functional groups attached to an aromatic ring is 1. The van der Waals surface area contributed by atoms with E-state index in [0.717, 1.165) is 16.0 Å².